The topological polar surface area (TPSA) is 66.8 Å². The van der Waals surface area contributed by atoms with Gasteiger partial charge in [0.15, 0.2) is 0 Å². The van der Waals surface area contributed by atoms with Crippen molar-refractivity contribution in [3.63, 3.8) is 0 Å². The Morgan fingerprint density at radius 1 is 1.38 bits per heavy atom. The van der Waals surface area contributed by atoms with Crippen LogP contribution in [0.1, 0.15) is 13.3 Å². The fourth-order valence-corrected chi connectivity index (χ4v) is 4.41. The van der Waals surface area contributed by atoms with E-state index in [-0.39, 0.29) is 11.9 Å². The van der Waals surface area contributed by atoms with Crippen molar-refractivity contribution in [1.82, 2.24) is 0 Å². The summed E-state index contributed by atoms with van der Waals surface area (Å²) in [7, 11) is 0. The van der Waals surface area contributed by atoms with Gasteiger partial charge >= 0.3 is 5.97 Å². The number of fused-ring (bicyclic) bond motifs is 1. The van der Waals surface area contributed by atoms with Crippen LogP contribution < -0.4 is 4.90 Å². The van der Waals surface area contributed by atoms with Gasteiger partial charge in [0.25, 0.3) is 0 Å². The second kappa shape index (κ2) is 5.05. The number of carbonyl (C=O) groups is 2. The molecule has 3 aliphatic rings. The Bertz CT molecular complexity index is 756. The molecule has 1 amide bonds. The summed E-state index contributed by atoms with van der Waals surface area (Å²) >= 11 is 0. The van der Waals surface area contributed by atoms with Gasteiger partial charge in [-0.05, 0) is 25.5 Å². The molecule has 5 atom stereocenters. The molecule has 0 radical (unpaired) electrons. The lowest BCUT2D eigenvalue weighted by atomic mass is 9.74. The molecule has 1 N–H and O–H groups in total. The molecule has 0 aliphatic carbocycles. The zero-order valence-electron chi connectivity index (χ0n) is 13.4. The Kier molecular flexibility index (Phi) is 3.18. The number of rotatable bonds is 4. The summed E-state index contributed by atoms with van der Waals surface area (Å²) in [5.41, 5.74) is 0.824. The van der Waals surface area contributed by atoms with Gasteiger partial charge in [-0.15, -0.1) is 6.58 Å². The second-order valence-electron chi connectivity index (χ2n) is 6.86. The molecule has 4 rings (SSSR count). The van der Waals surface area contributed by atoms with Crippen LogP contribution in [0.4, 0.5) is 5.69 Å². The molecule has 2 bridgehead atoms. The van der Waals surface area contributed by atoms with Crippen molar-refractivity contribution in [3.8, 4) is 0 Å². The molecule has 3 aliphatic heterocycles. The highest BCUT2D eigenvalue weighted by molar-refractivity contribution is 6.03. The highest BCUT2D eigenvalue weighted by Crippen LogP contribution is 2.56. The lowest BCUT2D eigenvalue weighted by molar-refractivity contribution is -0.146. The largest absolute Gasteiger partial charge is 0.481 e. The highest BCUT2D eigenvalue weighted by Gasteiger charge is 2.71. The Labute approximate surface area is 140 Å². The number of anilines is 1. The lowest BCUT2D eigenvalue weighted by Crippen LogP contribution is -2.45. The predicted octanol–water partition coefficient (Wildman–Crippen LogP) is 2.39. The van der Waals surface area contributed by atoms with Crippen LogP contribution in [0.15, 0.2) is 54.6 Å². The van der Waals surface area contributed by atoms with Crippen LogP contribution in [0.3, 0.4) is 0 Å². The highest BCUT2D eigenvalue weighted by atomic mass is 16.5. The maximum atomic E-state index is 13.2. The molecule has 0 aromatic heterocycles. The molecule has 5 nitrogen and oxygen atoms in total. The summed E-state index contributed by atoms with van der Waals surface area (Å²) in [6.07, 6.45) is 3.74. The zero-order valence-corrected chi connectivity index (χ0v) is 13.4. The normalized spacial score (nSPS) is 36.2. The first kappa shape index (κ1) is 15.1. The van der Waals surface area contributed by atoms with Crippen molar-refractivity contribution < 1.29 is 19.4 Å². The molecule has 1 aromatic carbocycles. The quantitative estimate of drug-likeness (QED) is 0.863. The molecule has 2 saturated heterocycles. The molecule has 124 valence electrons. The Morgan fingerprint density at radius 3 is 2.71 bits per heavy atom. The number of carbonyl (C=O) groups excluding carboxylic acids is 1. The SMILES string of the molecule is C=C(C)C[C@H]1N(c2ccccc2)C(=O)[C@H]2[C@@H](C(=O)O)[C@H]3C=C[C@]21O3. The van der Waals surface area contributed by atoms with Crippen molar-refractivity contribution in [1.29, 1.82) is 0 Å². The number of benzene rings is 1. The minimum atomic E-state index is -0.978. The molecule has 0 unspecified atom stereocenters. The van der Waals surface area contributed by atoms with E-state index >= 15 is 0 Å². The van der Waals surface area contributed by atoms with Gasteiger partial charge in [-0.1, -0.05) is 35.9 Å². The van der Waals surface area contributed by atoms with Crippen molar-refractivity contribution >= 4 is 17.6 Å². The average Bonchev–Trinajstić information content (AvgIpc) is 3.17. The van der Waals surface area contributed by atoms with Crippen LogP contribution in [-0.4, -0.2) is 34.7 Å². The van der Waals surface area contributed by atoms with E-state index < -0.39 is 29.5 Å². The smallest absolute Gasteiger partial charge is 0.310 e. The van der Waals surface area contributed by atoms with E-state index in [0.717, 1.165) is 11.3 Å². The number of carboxylic acids is 1. The number of aliphatic carboxylic acids is 1. The molecular formula is C19H19NO4. The lowest BCUT2D eigenvalue weighted by Gasteiger charge is -2.33. The monoisotopic (exact) mass is 325 g/mol. The predicted molar refractivity (Wildman–Crippen MR) is 88.5 cm³/mol. The van der Waals surface area contributed by atoms with Gasteiger partial charge in [-0.25, -0.2) is 0 Å². The van der Waals surface area contributed by atoms with Crippen molar-refractivity contribution in [2.45, 2.75) is 31.1 Å². The van der Waals surface area contributed by atoms with Crippen LogP contribution in [-0.2, 0) is 14.3 Å². The zero-order chi connectivity index (χ0) is 17.1. The van der Waals surface area contributed by atoms with Crippen molar-refractivity contribution in [3.05, 3.63) is 54.6 Å². The number of hydrogen-bond donors (Lipinski definition) is 1. The second-order valence-corrected chi connectivity index (χ2v) is 6.86. The third-order valence-electron chi connectivity index (χ3n) is 5.28. The van der Waals surface area contributed by atoms with Gasteiger partial charge in [-0.2, -0.15) is 0 Å². The van der Waals surface area contributed by atoms with Gasteiger partial charge in [0.1, 0.15) is 11.5 Å². The Balaban J connectivity index is 1.85. The third kappa shape index (κ3) is 1.85. The molecule has 1 spiro atoms. The van der Waals surface area contributed by atoms with Crippen LogP contribution in [0, 0.1) is 11.8 Å². The first-order valence-electron chi connectivity index (χ1n) is 8.08. The van der Waals surface area contributed by atoms with E-state index in [0.29, 0.717) is 6.42 Å². The Hall–Kier alpha value is -2.40. The van der Waals surface area contributed by atoms with Crippen LogP contribution in [0.2, 0.25) is 0 Å². The first-order valence-corrected chi connectivity index (χ1v) is 8.08. The summed E-state index contributed by atoms with van der Waals surface area (Å²) in [6.45, 7) is 5.90. The summed E-state index contributed by atoms with van der Waals surface area (Å²) in [5, 5.41) is 9.62. The molecule has 3 heterocycles. The number of para-hydroxylation sites is 1. The number of nitrogens with zero attached hydrogens (tertiary/aromatic N) is 1. The van der Waals surface area contributed by atoms with Gasteiger partial charge in [-0.3, -0.25) is 9.59 Å². The summed E-state index contributed by atoms with van der Waals surface area (Å²) in [6, 6.07) is 9.09. The van der Waals surface area contributed by atoms with Gasteiger partial charge < -0.3 is 14.7 Å². The van der Waals surface area contributed by atoms with E-state index in [1.54, 1.807) is 11.0 Å². The molecular weight excluding hydrogens is 306 g/mol. The van der Waals surface area contributed by atoms with Crippen molar-refractivity contribution in [2.24, 2.45) is 11.8 Å². The standard InChI is InChI=1S/C19H19NO4/c1-11(2)10-14-19-9-8-13(24-19)15(18(22)23)16(19)17(21)20(14)12-6-4-3-5-7-12/h3-9,13-16H,1,10H2,2H3,(H,22,23)/t13-,14-,15+,16-,19-/m1/s1. The molecule has 24 heavy (non-hydrogen) atoms. The minimum absolute atomic E-state index is 0.174. The molecule has 1 aromatic rings. The number of amides is 1. The fourth-order valence-electron chi connectivity index (χ4n) is 4.41. The fraction of sp³-hybridized carbons (Fsp3) is 0.368. The van der Waals surface area contributed by atoms with E-state index in [1.807, 2.05) is 43.3 Å². The van der Waals surface area contributed by atoms with Gasteiger partial charge in [0, 0.05) is 5.69 Å². The van der Waals surface area contributed by atoms with Gasteiger partial charge in [0.05, 0.1) is 18.1 Å². The summed E-state index contributed by atoms with van der Waals surface area (Å²) < 4.78 is 6.10. The van der Waals surface area contributed by atoms with Crippen LogP contribution in [0.25, 0.3) is 0 Å². The van der Waals surface area contributed by atoms with Gasteiger partial charge in [0.2, 0.25) is 5.91 Å². The number of carboxylic acid groups (broad SMARTS) is 1. The minimum Gasteiger partial charge on any atom is -0.481 e. The van der Waals surface area contributed by atoms with E-state index in [4.69, 9.17) is 4.74 Å². The summed E-state index contributed by atoms with van der Waals surface area (Å²) in [5.74, 6) is -2.67. The number of hydrogen-bond acceptors (Lipinski definition) is 3. The maximum absolute atomic E-state index is 13.2. The third-order valence-corrected chi connectivity index (χ3v) is 5.28. The number of ether oxygens (including phenoxy) is 1. The van der Waals surface area contributed by atoms with Crippen LogP contribution >= 0.6 is 0 Å². The average molecular weight is 325 g/mol. The van der Waals surface area contributed by atoms with E-state index in [9.17, 15) is 14.7 Å². The molecule has 0 saturated carbocycles. The van der Waals surface area contributed by atoms with Crippen LogP contribution in [0.5, 0.6) is 0 Å². The first-order chi connectivity index (χ1) is 11.5. The molecule has 5 heteroatoms. The maximum Gasteiger partial charge on any atom is 0.310 e. The summed E-state index contributed by atoms with van der Waals surface area (Å²) in [4.78, 5) is 26.7. The Morgan fingerprint density at radius 2 is 2.08 bits per heavy atom. The molecule has 2 fully saturated rings. The van der Waals surface area contributed by atoms with Crippen molar-refractivity contribution in [2.75, 3.05) is 4.90 Å². The van der Waals surface area contributed by atoms with E-state index in [1.165, 1.54) is 0 Å². The van der Waals surface area contributed by atoms with E-state index in [2.05, 4.69) is 6.58 Å².